The van der Waals surface area contributed by atoms with E-state index in [1.165, 1.54) is 4.88 Å². The fraction of sp³-hybridized carbons (Fsp3) is 0.786. The maximum Gasteiger partial charge on any atom is 0.183 e. The van der Waals surface area contributed by atoms with Crippen molar-refractivity contribution in [1.82, 2.24) is 4.98 Å². The molecule has 1 N–H and O–H groups in total. The van der Waals surface area contributed by atoms with Gasteiger partial charge in [0.2, 0.25) is 0 Å². The lowest BCUT2D eigenvalue weighted by Gasteiger charge is -2.40. The Bertz CT molecular complexity index is 379. The number of nitrogens with zero attached hydrogens (tertiary/aromatic N) is 1. The highest BCUT2D eigenvalue weighted by Gasteiger charge is 2.34. The first-order valence-corrected chi connectivity index (χ1v) is 7.74. The predicted octanol–water partition coefficient (Wildman–Crippen LogP) is 3.91. The molecule has 3 nitrogen and oxygen atoms in total. The predicted molar refractivity (Wildman–Crippen MR) is 77.5 cm³/mol. The summed E-state index contributed by atoms with van der Waals surface area (Å²) in [5, 5.41) is 4.66. The molecule has 0 amide bonds. The number of hydrogen-bond donors (Lipinski definition) is 1. The van der Waals surface area contributed by atoms with Crippen molar-refractivity contribution in [1.29, 1.82) is 0 Å². The summed E-state index contributed by atoms with van der Waals surface area (Å²) in [6.07, 6.45) is 4.37. The molecule has 1 aliphatic rings. The minimum atomic E-state index is 0.0806. The van der Waals surface area contributed by atoms with E-state index in [1.54, 1.807) is 11.3 Å². The van der Waals surface area contributed by atoms with Gasteiger partial charge >= 0.3 is 0 Å². The zero-order valence-corrected chi connectivity index (χ0v) is 12.7. The first-order chi connectivity index (χ1) is 8.58. The van der Waals surface area contributed by atoms with Crippen molar-refractivity contribution in [3.63, 3.8) is 0 Å². The highest BCUT2D eigenvalue weighted by atomic mass is 32.1. The van der Waals surface area contributed by atoms with Crippen LogP contribution in [0.25, 0.3) is 0 Å². The number of aromatic nitrogens is 1. The Morgan fingerprint density at radius 3 is 2.67 bits per heavy atom. The Balaban J connectivity index is 2.01. The number of rotatable bonds is 4. The first kappa shape index (κ1) is 13.8. The summed E-state index contributed by atoms with van der Waals surface area (Å²) in [7, 11) is 0. The van der Waals surface area contributed by atoms with Crippen molar-refractivity contribution in [3.8, 4) is 0 Å². The van der Waals surface area contributed by atoms with Crippen LogP contribution in [-0.4, -0.2) is 23.2 Å². The summed E-state index contributed by atoms with van der Waals surface area (Å²) in [6.45, 7) is 9.52. The molecule has 18 heavy (non-hydrogen) atoms. The van der Waals surface area contributed by atoms with Gasteiger partial charge in [-0.25, -0.2) is 4.98 Å². The maximum atomic E-state index is 6.00. The van der Waals surface area contributed by atoms with E-state index in [0.717, 1.165) is 43.1 Å². The van der Waals surface area contributed by atoms with Crippen LogP contribution in [0.5, 0.6) is 0 Å². The van der Waals surface area contributed by atoms with Crippen LogP contribution in [0.3, 0.4) is 0 Å². The molecule has 1 unspecified atom stereocenters. The van der Waals surface area contributed by atoms with Gasteiger partial charge in [-0.2, -0.15) is 0 Å². The van der Waals surface area contributed by atoms with Gasteiger partial charge < -0.3 is 10.1 Å². The lowest BCUT2D eigenvalue weighted by Crippen LogP contribution is -2.43. The standard InChI is InChI=1S/C14H24N2OS/c1-5-14(6-2)9-12(7-8-17-14)16-13-15-10(3)11(4)18-13/h12H,5-9H2,1-4H3,(H,15,16). The van der Waals surface area contributed by atoms with Crippen LogP contribution in [-0.2, 0) is 4.74 Å². The van der Waals surface area contributed by atoms with Gasteiger partial charge in [-0.15, -0.1) is 11.3 Å². The quantitative estimate of drug-likeness (QED) is 0.899. The maximum absolute atomic E-state index is 6.00. The summed E-state index contributed by atoms with van der Waals surface area (Å²) in [6, 6.07) is 0.503. The molecule has 1 aromatic rings. The highest BCUT2D eigenvalue weighted by molar-refractivity contribution is 7.15. The van der Waals surface area contributed by atoms with E-state index in [4.69, 9.17) is 4.74 Å². The Labute approximate surface area is 114 Å². The molecule has 1 aromatic heterocycles. The molecule has 2 rings (SSSR count). The van der Waals surface area contributed by atoms with Crippen LogP contribution in [0.4, 0.5) is 5.13 Å². The molecule has 0 radical (unpaired) electrons. The van der Waals surface area contributed by atoms with Crippen LogP contribution >= 0.6 is 11.3 Å². The molecule has 102 valence electrons. The van der Waals surface area contributed by atoms with E-state index in [9.17, 15) is 0 Å². The summed E-state index contributed by atoms with van der Waals surface area (Å²) in [4.78, 5) is 5.88. The number of hydrogen-bond acceptors (Lipinski definition) is 4. The molecule has 2 heterocycles. The smallest absolute Gasteiger partial charge is 0.183 e. The van der Waals surface area contributed by atoms with Crippen LogP contribution in [0.15, 0.2) is 0 Å². The SMILES string of the molecule is CCC1(CC)CC(Nc2nc(C)c(C)s2)CCO1. The van der Waals surface area contributed by atoms with Crippen molar-refractivity contribution in [2.24, 2.45) is 0 Å². The molecular formula is C14H24N2OS. The average molecular weight is 268 g/mol. The molecule has 1 saturated heterocycles. The molecule has 0 aromatic carbocycles. The normalized spacial score (nSPS) is 23.0. The molecule has 0 spiro atoms. The molecule has 1 atom stereocenters. The number of aryl methyl sites for hydroxylation is 2. The largest absolute Gasteiger partial charge is 0.375 e. The lowest BCUT2D eigenvalue weighted by molar-refractivity contribution is -0.0864. The van der Waals surface area contributed by atoms with Crippen molar-refractivity contribution in [2.45, 2.75) is 65.0 Å². The number of thiazole rings is 1. The van der Waals surface area contributed by atoms with E-state index in [1.807, 2.05) is 0 Å². The van der Waals surface area contributed by atoms with Crippen molar-refractivity contribution in [3.05, 3.63) is 10.6 Å². The van der Waals surface area contributed by atoms with E-state index in [0.29, 0.717) is 6.04 Å². The van der Waals surface area contributed by atoms with Crippen LogP contribution in [0.1, 0.15) is 50.1 Å². The van der Waals surface area contributed by atoms with E-state index in [2.05, 4.69) is 38.0 Å². The summed E-state index contributed by atoms with van der Waals surface area (Å²) < 4.78 is 6.00. The summed E-state index contributed by atoms with van der Waals surface area (Å²) >= 11 is 1.76. The zero-order chi connectivity index (χ0) is 13.2. The second-order valence-corrected chi connectivity index (χ2v) is 6.44. The molecule has 0 aliphatic carbocycles. The van der Waals surface area contributed by atoms with E-state index >= 15 is 0 Å². The number of ether oxygens (including phenoxy) is 1. The first-order valence-electron chi connectivity index (χ1n) is 6.93. The van der Waals surface area contributed by atoms with Gasteiger partial charge in [-0.05, 0) is 39.5 Å². The summed E-state index contributed by atoms with van der Waals surface area (Å²) in [5.41, 5.74) is 1.23. The van der Waals surface area contributed by atoms with Crippen molar-refractivity contribution in [2.75, 3.05) is 11.9 Å². The van der Waals surface area contributed by atoms with E-state index in [-0.39, 0.29) is 5.60 Å². The Morgan fingerprint density at radius 1 is 1.39 bits per heavy atom. The van der Waals surface area contributed by atoms with Gasteiger partial charge in [-0.3, -0.25) is 0 Å². The molecule has 4 heteroatoms. The fourth-order valence-electron chi connectivity index (χ4n) is 2.60. The third kappa shape index (κ3) is 2.86. The molecule has 1 aliphatic heterocycles. The second kappa shape index (κ2) is 5.57. The Morgan fingerprint density at radius 2 is 2.11 bits per heavy atom. The molecule has 1 fully saturated rings. The van der Waals surface area contributed by atoms with Gasteiger partial charge in [-0.1, -0.05) is 13.8 Å². The second-order valence-electron chi connectivity index (χ2n) is 5.23. The minimum absolute atomic E-state index is 0.0806. The molecular weight excluding hydrogens is 244 g/mol. The third-order valence-electron chi connectivity index (χ3n) is 4.14. The minimum Gasteiger partial charge on any atom is -0.375 e. The van der Waals surface area contributed by atoms with Crippen molar-refractivity contribution < 1.29 is 4.74 Å². The highest BCUT2D eigenvalue weighted by Crippen LogP contribution is 2.33. The zero-order valence-electron chi connectivity index (χ0n) is 11.9. The number of nitrogens with one attached hydrogen (secondary N) is 1. The lowest BCUT2D eigenvalue weighted by atomic mass is 9.86. The Hall–Kier alpha value is -0.610. The fourth-order valence-corrected chi connectivity index (χ4v) is 3.49. The Kier molecular flexibility index (Phi) is 4.28. The van der Waals surface area contributed by atoms with E-state index < -0.39 is 0 Å². The van der Waals surface area contributed by atoms with Gasteiger partial charge in [0, 0.05) is 17.5 Å². The van der Waals surface area contributed by atoms with Gasteiger partial charge in [0.25, 0.3) is 0 Å². The number of anilines is 1. The van der Waals surface area contributed by atoms with Gasteiger partial charge in [0.1, 0.15) is 0 Å². The monoisotopic (exact) mass is 268 g/mol. The van der Waals surface area contributed by atoms with Crippen LogP contribution in [0.2, 0.25) is 0 Å². The molecule has 0 bridgehead atoms. The third-order valence-corrected chi connectivity index (χ3v) is 5.14. The molecule has 0 saturated carbocycles. The van der Waals surface area contributed by atoms with Gasteiger partial charge in [0.15, 0.2) is 5.13 Å². The average Bonchev–Trinajstić information content (AvgIpc) is 2.68. The topological polar surface area (TPSA) is 34.2 Å². The van der Waals surface area contributed by atoms with Crippen LogP contribution in [0, 0.1) is 13.8 Å². The van der Waals surface area contributed by atoms with Gasteiger partial charge in [0.05, 0.1) is 11.3 Å². The summed E-state index contributed by atoms with van der Waals surface area (Å²) in [5.74, 6) is 0. The van der Waals surface area contributed by atoms with Crippen LogP contribution < -0.4 is 5.32 Å². The van der Waals surface area contributed by atoms with Crippen molar-refractivity contribution >= 4 is 16.5 Å².